The lowest BCUT2D eigenvalue weighted by Gasteiger charge is -2.07. The van der Waals surface area contributed by atoms with Crippen LogP contribution in [0.2, 0.25) is 0 Å². The molecule has 0 aliphatic rings. The van der Waals surface area contributed by atoms with Crippen LogP contribution in [-0.4, -0.2) is 15.3 Å². The Morgan fingerprint density at radius 1 is 0.950 bits per heavy atom. The molecule has 1 heterocycles. The van der Waals surface area contributed by atoms with Gasteiger partial charge in [0, 0.05) is 0 Å². The second-order valence-electron chi connectivity index (χ2n) is 4.31. The number of hydrogen-bond acceptors (Lipinski definition) is 5. The van der Waals surface area contributed by atoms with Crippen molar-refractivity contribution in [3.8, 4) is 28.6 Å². The van der Waals surface area contributed by atoms with E-state index in [-0.39, 0.29) is 33.8 Å². The van der Waals surface area contributed by atoms with Crippen molar-refractivity contribution in [1.82, 2.24) is 0 Å². The molecule has 0 aliphatic carbocycles. The lowest BCUT2D eigenvalue weighted by atomic mass is 10.1. The van der Waals surface area contributed by atoms with Crippen molar-refractivity contribution in [3.63, 3.8) is 0 Å². The summed E-state index contributed by atoms with van der Waals surface area (Å²) < 4.78 is 5.47. The van der Waals surface area contributed by atoms with Crippen molar-refractivity contribution < 1.29 is 19.7 Å². The Morgan fingerprint density at radius 2 is 1.70 bits per heavy atom. The highest BCUT2D eigenvalue weighted by Crippen LogP contribution is 2.37. The topological polar surface area (TPSA) is 90.9 Å². The SMILES string of the molecule is O=c1c(O)c(-c2cc(O)ccc2O)oc2ccccc12. The zero-order chi connectivity index (χ0) is 14.3. The fourth-order valence-electron chi connectivity index (χ4n) is 2.02. The molecule has 0 amide bonds. The van der Waals surface area contributed by atoms with Gasteiger partial charge in [-0.05, 0) is 30.3 Å². The molecular formula is C15H10O5. The van der Waals surface area contributed by atoms with E-state index in [2.05, 4.69) is 0 Å². The maximum Gasteiger partial charge on any atom is 0.235 e. The molecule has 0 fully saturated rings. The summed E-state index contributed by atoms with van der Waals surface area (Å²) in [7, 11) is 0. The number of phenols is 2. The van der Waals surface area contributed by atoms with E-state index in [4.69, 9.17) is 4.42 Å². The molecule has 3 rings (SSSR count). The maximum absolute atomic E-state index is 12.1. The van der Waals surface area contributed by atoms with Crippen LogP contribution in [0.5, 0.6) is 17.2 Å². The van der Waals surface area contributed by atoms with Crippen molar-refractivity contribution >= 4 is 11.0 Å². The summed E-state index contributed by atoms with van der Waals surface area (Å²) in [5.74, 6) is -1.11. The third-order valence-electron chi connectivity index (χ3n) is 3.00. The predicted octanol–water partition coefficient (Wildman–Crippen LogP) is 2.58. The summed E-state index contributed by atoms with van der Waals surface area (Å²) >= 11 is 0. The van der Waals surface area contributed by atoms with Gasteiger partial charge in [0.05, 0.1) is 10.9 Å². The van der Waals surface area contributed by atoms with Crippen LogP contribution in [0.25, 0.3) is 22.3 Å². The van der Waals surface area contributed by atoms with Gasteiger partial charge in [-0.25, -0.2) is 0 Å². The Hall–Kier alpha value is -2.95. The van der Waals surface area contributed by atoms with Crippen LogP contribution in [0, 0.1) is 0 Å². The standard InChI is InChI=1S/C15H10O5/c16-8-5-6-11(17)10(7-8)15-14(19)13(18)9-3-1-2-4-12(9)20-15/h1-7,16-17,19H. The zero-order valence-electron chi connectivity index (χ0n) is 10.2. The molecule has 100 valence electrons. The average Bonchev–Trinajstić information content (AvgIpc) is 2.46. The first-order valence-electron chi connectivity index (χ1n) is 5.85. The van der Waals surface area contributed by atoms with E-state index in [0.717, 1.165) is 0 Å². The lowest BCUT2D eigenvalue weighted by molar-refractivity contribution is 0.440. The van der Waals surface area contributed by atoms with Crippen molar-refractivity contribution in [2.75, 3.05) is 0 Å². The van der Waals surface area contributed by atoms with Crippen LogP contribution in [0.3, 0.4) is 0 Å². The molecular weight excluding hydrogens is 260 g/mol. The summed E-state index contributed by atoms with van der Waals surface area (Å²) in [6.07, 6.45) is 0. The molecule has 0 atom stereocenters. The van der Waals surface area contributed by atoms with Crippen LogP contribution in [0.1, 0.15) is 0 Å². The van der Waals surface area contributed by atoms with E-state index in [1.165, 1.54) is 24.3 Å². The van der Waals surface area contributed by atoms with Crippen LogP contribution >= 0.6 is 0 Å². The number of phenolic OH excluding ortho intramolecular Hbond substituents is 2. The van der Waals surface area contributed by atoms with E-state index < -0.39 is 11.2 Å². The molecule has 0 radical (unpaired) electrons. The van der Waals surface area contributed by atoms with Crippen molar-refractivity contribution in [1.29, 1.82) is 0 Å². The summed E-state index contributed by atoms with van der Waals surface area (Å²) in [5, 5.41) is 29.5. The molecule has 20 heavy (non-hydrogen) atoms. The van der Waals surface area contributed by atoms with Crippen LogP contribution in [-0.2, 0) is 0 Å². The largest absolute Gasteiger partial charge is 0.508 e. The number of benzene rings is 2. The number of hydrogen-bond donors (Lipinski definition) is 3. The van der Waals surface area contributed by atoms with Crippen molar-refractivity contribution in [2.24, 2.45) is 0 Å². The monoisotopic (exact) mass is 270 g/mol. The highest BCUT2D eigenvalue weighted by molar-refractivity contribution is 5.83. The zero-order valence-corrected chi connectivity index (χ0v) is 10.2. The fraction of sp³-hybridized carbons (Fsp3) is 0. The smallest absolute Gasteiger partial charge is 0.235 e. The second kappa shape index (κ2) is 4.31. The van der Waals surface area contributed by atoms with Gasteiger partial charge in [-0.2, -0.15) is 0 Å². The predicted molar refractivity (Wildman–Crippen MR) is 72.9 cm³/mol. The second-order valence-corrected chi connectivity index (χ2v) is 4.31. The number of aromatic hydroxyl groups is 3. The quantitative estimate of drug-likeness (QED) is 0.591. The van der Waals surface area contributed by atoms with Gasteiger partial charge >= 0.3 is 0 Å². The van der Waals surface area contributed by atoms with Gasteiger partial charge < -0.3 is 19.7 Å². The van der Waals surface area contributed by atoms with Gasteiger partial charge in [0.1, 0.15) is 17.1 Å². The molecule has 0 spiro atoms. The van der Waals surface area contributed by atoms with Crippen molar-refractivity contribution in [2.45, 2.75) is 0 Å². The molecule has 1 aromatic heterocycles. The van der Waals surface area contributed by atoms with Gasteiger partial charge in [0.25, 0.3) is 0 Å². The van der Waals surface area contributed by atoms with Crippen molar-refractivity contribution in [3.05, 3.63) is 52.7 Å². The molecule has 0 bridgehead atoms. The first kappa shape index (κ1) is 12.1. The summed E-state index contributed by atoms with van der Waals surface area (Å²) in [5.41, 5.74) is -0.261. The third kappa shape index (κ3) is 1.76. The number of para-hydroxylation sites is 1. The fourth-order valence-corrected chi connectivity index (χ4v) is 2.02. The van der Waals surface area contributed by atoms with Crippen LogP contribution < -0.4 is 5.43 Å². The maximum atomic E-state index is 12.1. The Morgan fingerprint density at radius 3 is 2.50 bits per heavy atom. The Balaban J connectivity index is 2.40. The van der Waals surface area contributed by atoms with E-state index in [1.54, 1.807) is 18.2 Å². The van der Waals surface area contributed by atoms with E-state index in [1.807, 2.05) is 0 Å². The van der Waals surface area contributed by atoms with Crippen LogP contribution in [0.15, 0.2) is 51.7 Å². The average molecular weight is 270 g/mol. The highest BCUT2D eigenvalue weighted by Gasteiger charge is 2.18. The minimum Gasteiger partial charge on any atom is -0.508 e. The molecule has 5 heteroatoms. The van der Waals surface area contributed by atoms with Gasteiger partial charge in [0.2, 0.25) is 11.2 Å². The first-order valence-corrected chi connectivity index (χ1v) is 5.85. The molecule has 2 aromatic carbocycles. The molecule has 0 saturated carbocycles. The van der Waals surface area contributed by atoms with Gasteiger partial charge in [-0.1, -0.05) is 12.1 Å². The molecule has 0 unspecified atom stereocenters. The first-order chi connectivity index (χ1) is 9.58. The molecule has 0 aliphatic heterocycles. The van der Waals surface area contributed by atoms with Gasteiger partial charge in [0.15, 0.2) is 5.76 Å². The summed E-state index contributed by atoms with van der Waals surface area (Å²) in [6, 6.07) is 10.2. The number of rotatable bonds is 1. The lowest BCUT2D eigenvalue weighted by Crippen LogP contribution is -2.02. The van der Waals surface area contributed by atoms with Gasteiger partial charge in [-0.15, -0.1) is 0 Å². The molecule has 0 saturated heterocycles. The Kier molecular flexibility index (Phi) is 2.61. The van der Waals surface area contributed by atoms with E-state index >= 15 is 0 Å². The normalized spacial score (nSPS) is 10.8. The Labute approximate surface area is 113 Å². The van der Waals surface area contributed by atoms with E-state index in [0.29, 0.717) is 0 Å². The number of fused-ring (bicyclic) bond motifs is 1. The molecule has 3 aromatic rings. The minimum atomic E-state index is -0.607. The van der Waals surface area contributed by atoms with Gasteiger partial charge in [-0.3, -0.25) is 4.79 Å². The third-order valence-corrected chi connectivity index (χ3v) is 3.00. The Bertz CT molecular complexity index is 864. The molecule has 5 nitrogen and oxygen atoms in total. The minimum absolute atomic E-state index is 0.0466. The van der Waals surface area contributed by atoms with E-state index in [9.17, 15) is 20.1 Å². The summed E-state index contributed by atoms with van der Waals surface area (Å²) in [4.78, 5) is 12.1. The molecule has 3 N–H and O–H groups in total. The summed E-state index contributed by atoms with van der Waals surface area (Å²) in [6.45, 7) is 0. The highest BCUT2D eigenvalue weighted by atomic mass is 16.4. The van der Waals surface area contributed by atoms with Crippen LogP contribution in [0.4, 0.5) is 0 Å².